The molecule has 2 aromatic heterocycles. The van der Waals surface area contributed by atoms with Gasteiger partial charge in [-0.1, -0.05) is 35.6 Å². The molecule has 0 saturated heterocycles. The van der Waals surface area contributed by atoms with Gasteiger partial charge in [-0.3, -0.25) is 14.9 Å². The van der Waals surface area contributed by atoms with Crippen LogP contribution in [0.4, 0.5) is 11.5 Å². The molecule has 2 aromatic carbocycles. The maximum Gasteiger partial charge on any atom is 0.269 e. The number of para-hydroxylation sites is 1. The van der Waals surface area contributed by atoms with Gasteiger partial charge >= 0.3 is 0 Å². The summed E-state index contributed by atoms with van der Waals surface area (Å²) in [5, 5.41) is 19.4. The normalized spacial score (nSPS) is 15.9. The Morgan fingerprint density at radius 3 is 2.86 bits per heavy atom. The standard InChI is InChI=1S/C20H15N5O3S/c1-11-18-14(12-5-4-6-13(9-12)25(27)28)10-17(26)22-19(18)24(23-11)20-21-15-7-2-3-8-16(15)29-20/h2-9,14H,10H2,1H3,(H,22,26)/t14-/m0/s1. The smallest absolute Gasteiger partial charge is 0.269 e. The van der Waals surface area contributed by atoms with Gasteiger partial charge in [-0.2, -0.15) is 9.78 Å². The Morgan fingerprint density at radius 1 is 1.24 bits per heavy atom. The molecule has 0 unspecified atom stereocenters. The third kappa shape index (κ3) is 2.87. The molecule has 0 aliphatic carbocycles. The van der Waals surface area contributed by atoms with Gasteiger partial charge < -0.3 is 5.32 Å². The van der Waals surface area contributed by atoms with Crippen LogP contribution in [0.5, 0.6) is 0 Å². The maximum absolute atomic E-state index is 12.5. The molecule has 144 valence electrons. The summed E-state index contributed by atoms with van der Waals surface area (Å²) in [6, 6.07) is 14.2. The first-order chi connectivity index (χ1) is 14.0. The summed E-state index contributed by atoms with van der Waals surface area (Å²) in [7, 11) is 0. The average Bonchev–Trinajstić information content (AvgIpc) is 3.28. The van der Waals surface area contributed by atoms with Crippen LogP contribution < -0.4 is 5.32 Å². The van der Waals surface area contributed by atoms with E-state index in [9.17, 15) is 14.9 Å². The Kier molecular flexibility index (Phi) is 3.92. The average molecular weight is 405 g/mol. The minimum Gasteiger partial charge on any atom is -0.310 e. The van der Waals surface area contributed by atoms with Crippen molar-refractivity contribution in [2.24, 2.45) is 0 Å². The van der Waals surface area contributed by atoms with Gasteiger partial charge in [-0.05, 0) is 24.6 Å². The first-order valence-electron chi connectivity index (χ1n) is 9.01. The topological polar surface area (TPSA) is 103 Å². The van der Waals surface area contributed by atoms with Crippen LogP contribution in [0.2, 0.25) is 0 Å². The summed E-state index contributed by atoms with van der Waals surface area (Å²) in [6.07, 6.45) is 0.209. The van der Waals surface area contributed by atoms with E-state index in [1.807, 2.05) is 37.3 Å². The summed E-state index contributed by atoms with van der Waals surface area (Å²) in [6.45, 7) is 1.88. The van der Waals surface area contributed by atoms with Gasteiger partial charge in [0.05, 0.1) is 20.8 Å². The van der Waals surface area contributed by atoms with Crippen molar-refractivity contribution in [3.8, 4) is 5.13 Å². The lowest BCUT2D eigenvalue weighted by Crippen LogP contribution is -2.25. The second kappa shape index (κ2) is 6.49. The summed E-state index contributed by atoms with van der Waals surface area (Å²) in [5.74, 6) is 0.118. The van der Waals surface area contributed by atoms with Gasteiger partial charge in [0.2, 0.25) is 11.0 Å². The Labute approximate surface area is 169 Å². The van der Waals surface area contributed by atoms with Crippen LogP contribution in [-0.2, 0) is 4.79 Å². The van der Waals surface area contributed by atoms with Crippen molar-refractivity contribution in [3.63, 3.8) is 0 Å². The minimum atomic E-state index is -0.426. The minimum absolute atomic E-state index is 0.00579. The molecule has 0 spiro atoms. The second-order valence-electron chi connectivity index (χ2n) is 6.88. The van der Waals surface area contributed by atoms with E-state index in [0.717, 1.165) is 27.0 Å². The third-order valence-electron chi connectivity index (χ3n) is 5.05. The van der Waals surface area contributed by atoms with E-state index in [-0.39, 0.29) is 23.9 Å². The molecule has 1 amide bonds. The van der Waals surface area contributed by atoms with Crippen LogP contribution in [0.25, 0.3) is 15.3 Å². The number of anilines is 1. The summed E-state index contributed by atoms with van der Waals surface area (Å²) in [5.41, 5.74) is 3.22. The zero-order valence-corrected chi connectivity index (χ0v) is 16.1. The van der Waals surface area contributed by atoms with Crippen LogP contribution in [0.1, 0.15) is 29.2 Å². The van der Waals surface area contributed by atoms with Gasteiger partial charge in [0.1, 0.15) is 5.82 Å². The highest BCUT2D eigenvalue weighted by Crippen LogP contribution is 2.41. The van der Waals surface area contributed by atoms with Gasteiger partial charge in [0.25, 0.3) is 5.69 Å². The molecule has 1 N–H and O–H groups in total. The lowest BCUT2D eigenvalue weighted by atomic mass is 9.85. The van der Waals surface area contributed by atoms with Crippen molar-refractivity contribution >= 4 is 39.0 Å². The number of rotatable bonds is 3. The largest absolute Gasteiger partial charge is 0.310 e. The lowest BCUT2D eigenvalue weighted by Gasteiger charge is -2.24. The molecule has 0 radical (unpaired) electrons. The van der Waals surface area contributed by atoms with Crippen molar-refractivity contribution in [1.29, 1.82) is 0 Å². The highest BCUT2D eigenvalue weighted by Gasteiger charge is 2.33. The molecule has 0 saturated carbocycles. The van der Waals surface area contributed by atoms with Crippen LogP contribution in [-0.4, -0.2) is 25.6 Å². The van der Waals surface area contributed by atoms with E-state index in [4.69, 9.17) is 0 Å². The molecule has 0 fully saturated rings. The molecule has 1 aliphatic rings. The Balaban J connectivity index is 1.66. The number of hydrogen-bond donors (Lipinski definition) is 1. The van der Waals surface area contributed by atoms with Gasteiger partial charge in [0.15, 0.2) is 0 Å². The molecule has 9 heteroatoms. The van der Waals surface area contributed by atoms with E-state index in [1.165, 1.54) is 23.5 Å². The molecule has 1 atom stereocenters. The Morgan fingerprint density at radius 2 is 2.07 bits per heavy atom. The van der Waals surface area contributed by atoms with E-state index < -0.39 is 4.92 Å². The molecular weight excluding hydrogens is 390 g/mol. The fourth-order valence-electron chi connectivity index (χ4n) is 3.78. The Hall–Kier alpha value is -3.59. The number of nitrogens with zero attached hydrogens (tertiary/aromatic N) is 4. The SMILES string of the molecule is Cc1nn(-c2nc3ccccc3s2)c2c1[C@H](c1cccc([N+](=O)[O-])c1)CC(=O)N2. The zero-order valence-electron chi connectivity index (χ0n) is 15.3. The molecular formula is C20H15N5O3S. The molecule has 29 heavy (non-hydrogen) atoms. The first-order valence-corrected chi connectivity index (χ1v) is 9.82. The van der Waals surface area contributed by atoms with Crippen molar-refractivity contribution in [3.05, 3.63) is 75.5 Å². The fourth-order valence-corrected chi connectivity index (χ4v) is 4.70. The quantitative estimate of drug-likeness (QED) is 0.407. The maximum atomic E-state index is 12.5. The van der Waals surface area contributed by atoms with E-state index in [1.54, 1.807) is 10.7 Å². The monoisotopic (exact) mass is 405 g/mol. The van der Waals surface area contributed by atoms with E-state index >= 15 is 0 Å². The predicted octanol–water partition coefficient (Wildman–Crippen LogP) is 4.17. The molecule has 1 aliphatic heterocycles. The van der Waals surface area contributed by atoms with Crippen LogP contribution in [0.3, 0.4) is 0 Å². The van der Waals surface area contributed by atoms with Crippen molar-refractivity contribution in [2.45, 2.75) is 19.3 Å². The number of hydrogen-bond acceptors (Lipinski definition) is 6. The predicted molar refractivity (Wildman–Crippen MR) is 110 cm³/mol. The molecule has 8 nitrogen and oxygen atoms in total. The third-order valence-corrected chi connectivity index (χ3v) is 6.06. The number of benzene rings is 2. The number of nitrogens with one attached hydrogen (secondary N) is 1. The van der Waals surface area contributed by atoms with Gasteiger partial charge in [-0.25, -0.2) is 4.98 Å². The van der Waals surface area contributed by atoms with Gasteiger partial charge in [-0.15, -0.1) is 0 Å². The number of carbonyl (C=O) groups excluding carboxylic acids is 1. The lowest BCUT2D eigenvalue weighted by molar-refractivity contribution is -0.384. The summed E-state index contributed by atoms with van der Waals surface area (Å²) in [4.78, 5) is 27.9. The number of aromatic nitrogens is 3. The highest BCUT2D eigenvalue weighted by atomic mass is 32.1. The molecule has 0 bridgehead atoms. The summed E-state index contributed by atoms with van der Waals surface area (Å²) < 4.78 is 2.69. The number of nitro benzene ring substituents is 1. The molecule has 5 rings (SSSR count). The number of fused-ring (bicyclic) bond motifs is 2. The number of nitro groups is 1. The number of amides is 1. The highest BCUT2D eigenvalue weighted by molar-refractivity contribution is 7.20. The number of thiazole rings is 1. The van der Waals surface area contributed by atoms with Crippen LogP contribution in [0, 0.1) is 17.0 Å². The molecule has 3 heterocycles. The second-order valence-corrected chi connectivity index (χ2v) is 7.89. The first kappa shape index (κ1) is 17.5. The van der Waals surface area contributed by atoms with Crippen molar-refractivity contribution in [1.82, 2.24) is 14.8 Å². The van der Waals surface area contributed by atoms with Crippen molar-refractivity contribution < 1.29 is 9.72 Å². The number of carbonyl (C=O) groups is 1. The van der Waals surface area contributed by atoms with Gasteiger partial charge in [0, 0.05) is 30.0 Å². The van der Waals surface area contributed by atoms with E-state index in [0.29, 0.717) is 10.9 Å². The van der Waals surface area contributed by atoms with Crippen LogP contribution in [0.15, 0.2) is 48.5 Å². The molecule has 4 aromatic rings. The van der Waals surface area contributed by atoms with Crippen molar-refractivity contribution in [2.75, 3.05) is 5.32 Å². The van der Waals surface area contributed by atoms with E-state index in [2.05, 4.69) is 15.4 Å². The fraction of sp³-hybridized carbons (Fsp3) is 0.150. The Bertz CT molecular complexity index is 1260. The zero-order chi connectivity index (χ0) is 20.1. The number of aryl methyl sites for hydroxylation is 1. The van der Waals surface area contributed by atoms with Crippen LogP contribution >= 0.6 is 11.3 Å². The summed E-state index contributed by atoms with van der Waals surface area (Å²) >= 11 is 1.49. The number of non-ortho nitro benzene ring substituents is 1.